The number of sulfonamides is 1. The van der Waals surface area contributed by atoms with Crippen LogP contribution in [-0.2, 0) is 45.0 Å². The minimum atomic E-state index is -4.12. The average molecular weight is 648 g/mol. The quantitative estimate of drug-likeness (QED) is 0.176. The van der Waals surface area contributed by atoms with Crippen LogP contribution in [0.25, 0.3) is 0 Å². The van der Waals surface area contributed by atoms with Crippen LogP contribution in [-0.4, -0.2) is 82.6 Å². The van der Waals surface area contributed by atoms with Crippen LogP contribution in [0.1, 0.15) is 44.1 Å². The molecule has 1 aliphatic carbocycles. The number of hydrogen-bond acceptors (Lipinski definition) is 11. The first kappa shape index (κ1) is 33.1. The van der Waals surface area contributed by atoms with Crippen LogP contribution in [0, 0.1) is 5.92 Å². The third kappa shape index (κ3) is 8.71. The van der Waals surface area contributed by atoms with Crippen LogP contribution >= 0.6 is 0 Å². The van der Waals surface area contributed by atoms with Crippen molar-refractivity contribution in [1.29, 1.82) is 0 Å². The summed E-state index contributed by atoms with van der Waals surface area (Å²) in [6, 6.07) is 14.7. The molecule has 2 saturated heterocycles. The highest BCUT2D eigenvalue weighted by Gasteiger charge is 2.45. The van der Waals surface area contributed by atoms with Gasteiger partial charge in [-0.1, -0.05) is 54.1 Å². The summed E-state index contributed by atoms with van der Waals surface area (Å²) in [4.78, 5) is 32.7. The molecule has 0 aromatic heterocycles. The lowest BCUT2D eigenvalue weighted by Crippen LogP contribution is -2.50. The molecule has 0 radical (unpaired) electrons. The van der Waals surface area contributed by atoms with Crippen LogP contribution in [0.3, 0.4) is 0 Å². The molecule has 13 nitrogen and oxygen atoms in total. The van der Waals surface area contributed by atoms with Gasteiger partial charge in [0.1, 0.15) is 12.6 Å². The van der Waals surface area contributed by atoms with E-state index in [0.29, 0.717) is 31.6 Å². The zero-order chi connectivity index (χ0) is 31.9. The number of aliphatic hydroxyl groups excluding tert-OH is 1. The number of rotatable bonds is 14. The molecular weight excluding hydrogens is 606 g/mol. The van der Waals surface area contributed by atoms with Crippen LogP contribution < -0.4 is 15.5 Å². The van der Waals surface area contributed by atoms with Gasteiger partial charge in [-0.15, -0.1) is 0 Å². The average Bonchev–Trinajstić information content (AvgIpc) is 3.79. The standard InChI is InChI=1S/C31H41N3O10S/c1-40-28(36)19-32-22-10-7-11-23(17-22)45(38,39)34-44-31(13-5-6-14-31)18-26(35)25(16-21-8-3-2-4-9-21)33-30(37)43-27-20-42-29-24(27)12-15-41-29/h2-4,7-11,17,24-27,29,32,34-35H,5-6,12-16,18-20H2,1H3,(H,33,37)/t24-,25-,26+,27-,29+/m0/s1. The van der Waals surface area contributed by atoms with Gasteiger partial charge in [-0.2, -0.15) is 0 Å². The number of nitrogens with one attached hydrogen (secondary N) is 3. The van der Waals surface area contributed by atoms with Crippen molar-refractivity contribution >= 4 is 27.8 Å². The number of ether oxygens (including phenoxy) is 4. The first-order chi connectivity index (χ1) is 21.7. The van der Waals surface area contributed by atoms with Gasteiger partial charge in [0.05, 0.1) is 48.9 Å². The number of hydrogen-bond donors (Lipinski definition) is 4. The molecule has 14 heteroatoms. The summed E-state index contributed by atoms with van der Waals surface area (Å²) >= 11 is 0. The summed E-state index contributed by atoms with van der Waals surface area (Å²) in [5.41, 5.74) is 0.316. The summed E-state index contributed by atoms with van der Waals surface area (Å²) in [6.07, 6.45) is 1.15. The van der Waals surface area contributed by atoms with Gasteiger partial charge >= 0.3 is 12.1 Å². The molecule has 2 aromatic rings. The highest BCUT2D eigenvalue weighted by Crippen LogP contribution is 2.38. The Morgan fingerprint density at radius 3 is 2.62 bits per heavy atom. The molecule has 45 heavy (non-hydrogen) atoms. The maximum absolute atomic E-state index is 13.2. The minimum Gasteiger partial charge on any atom is -0.468 e. The molecular formula is C31H41N3O10S. The maximum atomic E-state index is 13.2. The predicted octanol–water partition coefficient (Wildman–Crippen LogP) is 2.64. The number of anilines is 1. The second-order valence-electron chi connectivity index (χ2n) is 11.7. The van der Waals surface area contributed by atoms with Gasteiger partial charge in [0, 0.05) is 12.1 Å². The van der Waals surface area contributed by atoms with E-state index >= 15 is 0 Å². The molecule has 2 aliphatic heterocycles. The number of methoxy groups -OCH3 is 1. The Hall–Kier alpha value is -3.27. The predicted molar refractivity (Wildman–Crippen MR) is 161 cm³/mol. The molecule has 0 unspecified atom stereocenters. The molecule has 5 rings (SSSR count). The zero-order valence-electron chi connectivity index (χ0n) is 25.2. The summed E-state index contributed by atoms with van der Waals surface area (Å²) in [5, 5.41) is 17.2. The Morgan fingerprint density at radius 1 is 1.09 bits per heavy atom. The fourth-order valence-corrected chi connectivity index (χ4v) is 7.05. The maximum Gasteiger partial charge on any atom is 0.407 e. The number of esters is 1. The number of alkyl carbamates (subject to hydrolysis) is 1. The molecule has 1 saturated carbocycles. The molecule has 246 valence electrons. The van der Waals surface area contributed by atoms with E-state index in [0.717, 1.165) is 24.8 Å². The molecule has 2 aromatic carbocycles. The molecule has 4 N–H and O–H groups in total. The molecule has 5 atom stereocenters. The number of carbonyl (C=O) groups is 2. The largest absolute Gasteiger partial charge is 0.468 e. The van der Waals surface area contributed by atoms with Crippen LogP contribution in [0.5, 0.6) is 0 Å². The molecule has 0 spiro atoms. The van der Waals surface area contributed by atoms with Crippen molar-refractivity contribution in [1.82, 2.24) is 10.2 Å². The number of amides is 1. The number of carbonyl (C=O) groups excluding carboxylic acids is 2. The zero-order valence-corrected chi connectivity index (χ0v) is 26.0. The first-order valence-corrected chi connectivity index (χ1v) is 16.7. The summed E-state index contributed by atoms with van der Waals surface area (Å²) < 4.78 is 47.9. The van der Waals surface area contributed by atoms with Crippen molar-refractivity contribution in [3.05, 3.63) is 60.2 Å². The van der Waals surface area contributed by atoms with Crippen LogP contribution in [0.2, 0.25) is 0 Å². The van der Waals surface area contributed by atoms with Crippen LogP contribution in [0.15, 0.2) is 59.5 Å². The monoisotopic (exact) mass is 647 g/mol. The molecule has 1 amide bonds. The van der Waals surface area contributed by atoms with Gasteiger partial charge in [0.15, 0.2) is 6.29 Å². The summed E-state index contributed by atoms with van der Waals surface area (Å²) in [6.45, 7) is 0.673. The van der Waals surface area contributed by atoms with Crippen molar-refractivity contribution in [3.63, 3.8) is 0 Å². The fourth-order valence-electron chi connectivity index (χ4n) is 6.12. The second-order valence-corrected chi connectivity index (χ2v) is 13.4. The topological polar surface area (TPSA) is 171 Å². The Kier molecular flexibility index (Phi) is 10.9. The second kappa shape index (κ2) is 14.9. The number of aliphatic hydroxyl groups is 1. The third-order valence-corrected chi connectivity index (χ3v) is 9.76. The van der Waals surface area contributed by atoms with Gasteiger partial charge in [-0.05, 0) is 49.4 Å². The van der Waals surface area contributed by atoms with E-state index in [9.17, 15) is 23.1 Å². The van der Waals surface area contributed by atoms with E-state index in [2.05, 4.69) is 20.3 Å². The lowest BCUT2D eigenvalue weighted by atomic mass is 9.89. The van der Waals surface area contributed by atoms with Gasteiger partial charge in [0.25, 0.3) is 10.0 Å². The Labute approximate surface area is 262 Å². The van der Waals surface area contributed by atoms with E-state index in [1.54, 1.807) is 12.1 Å². The SMILES string of the molecule is COC(=O)CNc1cccc(S(=O)(=O)NOC2(C[C@@H](O)[C@H](Cc3ccccc3)NC(=O)O[C@H]3CO[C@H]4OCC[C@H]43)CCCC2)c1. The molecule has 0 bridgehead atoms. The minimum absolute atomic E-state index is 0.0271. The van der Waals surface area contributed by atoms with Crippen molar-refractivity contribution < 1.29 is 46.9 Å². The first-order valence-electron chi connectivity index (χ1n) is 15.2. The van der Waals surface area contributed by atoms with E-state index in [4.69, 9.17) is 19.0 Å². The summed E-state index contributed by atoms with van der Waals surface area (Å²) in [7, 11) is -2.86. The smallest absolute Gasteiger partial charge is 0.407 e. The number of fused-ring (bicyclic) bond motifs is 1. The molecule has 3 fully saturated rings. The van der Waals surface area contributed by atoms with E-state index in [1.807, 2.05) is 30.3 Å². The van der Waals surface area contributed by atoms with Crippen molar-refractivity contribution in [2.24, 2.45) is 5.92 Å². The van der Waals surface area contributed by atoms with Gasteiger partial charge in [-0.25, -0.2) is 13.2 Å². The summed E-state index contributed by atoms with van der Waals surface area (Å²) in [5.74, 6) is -0.523. The van der Waals surface area contributed by atoms with Crippen molar-refractivity contribution in [2.45, 2.75) is 80.0 Å². The lowest BCUT2D eigenvalue weighted by Gasteiger charge is -2.34. The fraction of sp³-hybridized carbons (Fsp3) is 0.548. The number of benzene rings is 2. The Morgan fingerprint density at radius 2 is 1.87 bits per heavy atom. The van der Waals surface area contributed by atoms with Gasteiger partial charge in [-0.3, -0.25) is 9.63 Å². The van der Waals surface area contributed by atoms with E-state index < -0.39 is 45.9 Å². The van der Waals surface area contributed by atoms with E-state index in [-0.39, 0.29) is 36.7 Å². The van der Waals surface area contributed by atoms with Gasteiger partial charge < -0.3 is 34.7 Å². The highest BCUT2D eigenvalue weighted by molar-refractivity contribution is 7.89. The van der Waals surface area contributed by atoms with Crippen LogP contribution in [0.4, 0.5) is 10.5 Å². The molecule has 3 aliphatic rings. The van der Waals surface area contributed by atoms with Crippen molar-refractivity contribution in [3.8, 4) is 0 Å². The van der Waals surface area contributed by atoms with Crippen molar-refractivity contribution in [2.75, 3.05) is 32.2 Å². The van der Waals surface area contributed by atoms with E-state index in [1.165, 1.54) is 19.2 Å². The third-order valence-electron chi connectivity index (χ3n) is 8.58. The highest BCUT2D eigenvalue weighted by atomic mass is 32.2. The Balaban J connectivity index is 1.25. The lowest BCUT2D eigenvalue weighted by molar-refractivity contribution is -0.138. The normalized spacial score (nSPS) is 23.6. The van der Waals surface area contributed by atoms with Gasteiger partial charge in [0.2, 0.25) is 0 Å². The Bertz CT molecular complexity index is 1400. The molecule has 2 heterocycles.